The number of ether oxygens (including phenoxy) is 2. The van der Waals surface area contributed by atoms with Crippen molar-refractivity contribution in [2.45, 2.75) is 97.7 Å². The number of allylic oxidation sites excluding steroid dienone is 2. The highest BCUT2D eigenvalue weighted by atomic mass is 16.7. The van der Waals surface area contributed by atoms with Crippen LogP contribution in [0.5, 0.6) is 0 Å². The van der Waals surface area contributed by atoms with Gasteiger partial charge >= 0.3 is 0 Å². The van der Waals surface area contributed by atoms with E-state index in [4.69, 9.17) is 9.47 Å². The van der Waals surface area contributed by atoms with Gasteiger partial charge in [0.25, 0.3) is 0 Å². The average Bonchev–Trinajstić information content (AvgIpc) is 2.49. The van der Waals surface area contributed by atoms with Gasteiger partial charge < -0.3 is 9.47 Å². The van der Waals surface area contributed by atoms with E-state index in [0.29, 0.717) is 0 Å². The molecule has 0 rings (SSSR count). The first-order valence-electron chi connectivity index (χ1n) is 9.23. The molecule has 0 radical (unpaired) electrons. The third-order valence-electron chi connectivity index (χ3n) is 3.54. The van der Waals surface area contributed by atoms with Crippen LogP contribution >= 0.6 is 0 Å². The lowest BCUT2D eigenvalue weighted by Gasteiger charge is -2.18. The monoisotopic (exact) mass is 298 g/mol. The molecule has 21 heavy (non-hydrogen) atoms. The molecule has 2 nitrogen and oxygen atoms in total. The van der Waals surface area contributed by atoms with Crippen LogP contribution in [0.15, 0.2) is 12.2 Å². The Labute approximate surface area is 133 Å². The maximum Gasteiger partial charge on any atom is 0.157 e. The van der Waals surface area contributed by atoms with E-state index >= 15 is 0 Å². The first-order chi connectivity index (χ1) is 10.3. The Bertz CT molecular complexity index is 204. The molecule has 0 saturated carbocycles. The molecule has 0 amide bonds. The minimum atomic E-state index is 0.0266. The smallest absolute Gasteiger partial charge is 0.157 e. The summed E-state index contributed by atoms with van der Waals surface area (Å²) in [5.74, 6) is 0. The van der Waals surface area contributed by atoms with Gasteiger partial charge in [-0.1, -0.05) is 58.6 Å². The quantitative estimate of drug-likeness (QED) is 0.190. The molecule has 0 unspecified atom stereocenters. The zero-order chi connectivity index (χ0) is 15.6. The molecule has 0 aliphatic heterocycles. The summed E-state index contributed by atoms with van der Waals surface area (Å²) in [6, 6.07) is 0. The van der Waals surface area contributed by atoms with Crippen molar-refractivity contribution < 1.29 is 9.47 Å². The SMILES string of the molecule is CCC/C=C\CCCCCC(OCCCC)OCCCC. The summed E-state index contributed by atoms with van der Waals surface area (Å²) < 4.78 is 11.7. The summed E-state index contributed by atoms with van der Waals surface area (Å²) in [5.41, 5.74) is 0. The Morgan fingerprint density at radius 1 is 0.667 bits per heavy atom. The zero-order valence-electron chi connectivity index (χ0n) is 14.7. The molecule has 0 N–H and O–H groups in total. The Hall–Kier alpha value is -0.340. The van der Waals surface area contributed by atoms with Crippen LogP contribution in [0.2, 0.25) is 0 Å². The van der Waals surface area contributed by atoms with Crippen molar-refractivity contribution >= 4 is 0 Å². The predicted octanol–water partition coefficient (Wildman–Crippen LogP) is 6.25. The first kappa shape index (κ1) is 20.7. The van der Waals surface area contributed by atoms with Crippen LogP contribution < -0.4 is 0 Å². The van der Waals surface area contributed by atoms with Crippen molar-refractivity contribution in [3.8, 4) is 0 Å². The van der Waals surface area contributed by atoms with Gasteiger partial charge in [0.15, 0.2) is 6.29 Å². The zero-order valence-corrected chi connectivity index (χ0v) is 14.7. The van der Waals surface area contributed by atoms with Gasteiger partial charge in [0.1, 0.15) is 0 Å². The second kappa shape index (κ2) is 17.7. The summed E-state index contributed by atoms with van der Waals surface area (Å²) in [6.45, 7) is 8.30. The van der Waals surface area contributed by atoms with E-state index < -0.39 is 0 Å². The summed E-state index contributed by atoms with van der Waals surface area (Å²) in [4.78, 5) is 0. The minimum absolute atomic E-state index is 0.0266. The molecule has 0 fully saturated rings. The van der Waals surface area contributed by atoms with Gasteiger partial charge in [0, 0.05) is 13.2 Å². The third kappa shape index (κ3) is 15.9. The predicted molar refractivity (Wildman–Crippen MR) is 92.6 cm³/mol. The van der Waals surface area contributed by atoms with Crippen molar-refractivity contribution in [3.63, 3.8) is 0 Å². The maximum absolute atomic E-state index is 5.85. The van der Waals surface area contributed by atoms with Crippen molar-refractivity contribution in [2.24, 2.45) is 0 Å². The van der Waals surface area contributed by atoms with E-state index in [1.807, 2.05) is 0 Å². The third-order valence-corrected chi connectivity index (χ3v) is 3.54. The Balaban J connectivity index is 3.62. The fourth-order valence-corrected chi connectivity index (χ4v) is 2.09. The molecule has 0 heterocycles. The van der Waals surface area contributed by atoms with Gasteiger partial charge in [-0.3, -0.25) is 0 Å². The normalized spacial score (nSPS) is 11.8. The van der Waals surface area contributed by atoms with Crippen molar-refractivity contribution in [3.05, 3.63) is 12.2 Å². The summed E-state index contributed by atoms with van der Waals surface area (Å²) in [7, 11) is 0. The topological polar surface area (TPSA) is 18.5 Å². The molecule has 0 aliphatic carbocycles. The molecular weight excluding hydrogens is 260 g/mol. The second-order valence-corrected chi connectivity index (χ2v) is 5.78. The maximum atomic E-state index is 5.85. The molecule has 2 heteroatoms. The largest absolute Gasteiger partial charge is 0.353 e. The van der Waals surface area contributed by atoms with Crippen LogP contribution in [0.1, 0.15) is 91.4 Å². The number of unbranched alkanes of at least 4 members (excludes halogenated alkanes) is 6. The first-order valence-corrected chi connectivity index (χ1v) is 9.23. The van der Waals surface area contributed by atoms with Crippen LogP contribution in [-0.4, -0.2) is 19.5 Å². The summed E-state index contributed by atoms with van der Waals surface area (Å²) in [5, 5.41) is 0. The summed E-state index contributed by atoms with van der Waals surface area (Å²) in [6.07, 6.45) is 17.8. The van der Waals surface area contributed by atoms with Gasteiger partial charge in [-0.05, 0) is 44.9 Å². The highest BCUT2D eigenvalue weighted by Gasteiger charge is 2.08. The molecule has 126 valence electrons. The van der Waals surface area contributed by atoms with Gasteiger partial charge in [0.2, 0.25) is 0 Å². The molecule has 0 aliphatic rings. The van der Waals surface area contributed by atoms with Gasteiger partial charge in [-0.15, -0.1) is 0 Å². The van der Waals surface area contributed by atoms with E-state index in [2.05, 4.69) is 32.9 Å². The van der Waals surface area contributed by atoms with Crippen LogP contribution in [-0.2, 0) is 9.47 Å². The molecule has 0 bridgehead atoms. The highest BCUT2D eigenvalue weighted by molar-refractivity contribution is 4.80. The highest BCUT2D eigenvalue weighted by Crippen LogP contribution is 2.11. The molecule has 0 aromatic carbocycles. The fourth-order valence-electron chi connectivity index (χ4n) is 2.09. The van der Waals surface area contributed by atoms with Crippen LogP contribution in [0, 0.1) is 0 Å². The van der Waals surface area contributed by atoms with Gasteiger partial charge in [0.05, 0.1) is 0 Å². The van der Waals surface area contributed by atoms with Crippen molar-refractivity contribution in [2.75, 3.05) is 13.2 Å². The Kier molecular flexibility index (Phi) is 17.4. The van der Waals surface area contributed by atoms with Crippen LogP contribution in [0.4, 0.5) is 0 Å². The van der Waals surface area contributed by atoms with Crippen molar-refractivity contribution in [1.82, 2.24) is 0 Å². The standard InChI is InChI=1S/C19H38O2/c1-4-7-10-11-12-13-14-15-16-19(20-17-8-5-2)21-18-9-6-3/h10-11,19H,4-9,12-18H2,1-3H3/b11-10-. The molecule has 0 saturated heterocycles. The Morgan fingerprint density at radius 2 is 1.29 bits per heavy atom. The lowest BCUT2D eigenvalue weighted by atomic mass is 10.1. The van der Waals surface area contributed by atoms with Gasteiger partial charge in [-0.25, -0.2) is 0 Å². The second-order valence-electron chi connectivity index (χ2n) is 5.78. The average molecular weight is 299 g/mol. The minimum Gasteiger partial charge on any atom is -0.353 e. The molecule has 0 aromatic rings. The summed E-state index contributed by atoms with van der Waals surface area (Å²) >= 11 is 0. The van der Waals surface area contributed by atoms with Crippen LogP contribution in [0.25, 0.3) is 0 Å². The van der Waals surface area contributed by atoms with Crippen molar-refractivity contribution in [1.29, 1.82) is 0 Å². The van der Waals surface area contributed by atoms with Crippen LogP contribution in [0.3, 0.4) is 0 Å². The number of hydrogen-bond acceptors (Lipinski definition) is 2. The lowest BCUT2D eigenvalue weighted by Crippen LogP contribution is -2.18. The fraction of sp³-hybridized carbons (Fsp3) is 0.895. The van der Waals surface area contributed by atoms with E-state index in [1.165, 1.54) is 51.4 Å². The lowest BCUT2D eigenvalue weighted by molar-refractivity contribution is -0.147. The van der Waals surface area contributed by atoms with E-state index in [0.717, 1.165) is 32.5 Å². The molecule has 0 atom stereocenters. The molecule has 0 aromatic heterocycles. The van der Waals surface area contributed by atoms with E-state index in [9.17, 15) is 0 Å². The van der Waals surface area contributed by atoms with Gasteiger partial charge in [-0.2, -0.15) is 0 Å². The number of hydrogen-bond donors (Lipinski definition) is 0. The van der Waals surface area contributed by atoms with E-state index in [1.54, 1.807) is 0 Å². The molecule has 0 spiro atoms. The number of rotatable bonds is 16. The van der Waals surface area contributed by atoms with E-state index in [-0.39, 0.29) is 6.29 Å². The Morgan fingerprint density at radius 3 is 1.86 bits per heavy atom. The molecular formula is C19H38O2.